The Kier molecular flexibility index (Phi) is 9.48. The van der Waals surface area contributed by atoms with Crippen molar-refractivity contribution in [1.29, 1.82) is 0 Å². The van der Waals surface area contributed by atoms with E-state index in [4.69, 9.17) is 37.4 Å². The quantitative estimate of drug-likeness (QED) is 0.320. The number of benzene rings is 1. The van der Waals surface area contributed by atoms with Crippen LogP contribution in [0.2, 0.25) is 10.0 Å². The van der Waals surface area contributed by atoms with E-state index in [9.17, 15) is 14.4 Å². The van der Waals surface area contributed by atoms with Gasteiger partial charge in [-0.25, -0.2) is 4.79 Å². The highest BCUT2D eigenvalue weighted by Crippen LogP contribution is 2.44. The summed E-state index contributed by atoms with van der Waals surface area (Å²) in [6, 6.07) is 4.99. The van der Waals surface area contributed by atoms with Gasteiger partial charge in [-0.3, -0.25) is 14.6 Å². The first-order valence-corrected chi connectivity index (χ1v) is 10.3. The smallest absolute Gasteiger partial charge is 0.336 e. The van der Waals surface area contributed by atoms with E-state index in [1.807, 2.05) is 0 Å². The number of nitrogens with zero attached hydrogens (tertiary/aromatic N) is 1. The number of esters is 2. The molecular formula is C21H24Cl2N2O6. The monoisotopic (exact) mass is 470 g/mol. The third-order valence-electron chi connectivity index (χ3n) is 4.70. The van der Waals surface area contributed by atoms with E-state index in [0.717, 1.165) is 0 Å². The van der Waals surface area contributed by atoms with Gasteiger partial charge in [0.15, 0.2) is 0 Å². The maximum Gasteiger partial charge on any atom is 0.336 e. The van der Waals surface area contributed by atoms with Gasteiger partial charge in [0.1, 0.15) is 5.92 Å². The van der Waals surface area contributed by atoms with E-state index in [1.54, 1.807) is 32.0 Å². The predicted octanol–water partition coefficient (Wildman–Crippen LogP) is 2.92. The number of aliphatic imine (C=N–C) groups is 1. The molecule has 1 aromatic rings. The minimum absolute atomic E-state index is 0.0331. The Balaban J connectivity index is 2.62. The summed E-state index contributed by atoms with van der Waals surface area (Å²) in [6.45, 7) is 3.94. The average Bonchev–Trinajstić information content (AvgIpc) is 2.74. The van der Waals surface area contributed by atoms with Crippen LogP contribution in [0.3, 0.4) is 0 Å². The van der Waals surface area contributed by atoms with Gasteiger partial charge in [-0.05, 0) is 25.5 Å². The molecular weight excluding hydrogens is 447 g/mol. The molecule has 31 heavy (non-hydrogen) atoms. The molecule has 0 saturated carbocycles. The fraction of sp³-hybridized carbons (Fsp3) is 0.429. The molecule has 1 aliphatic rings. The lowest BCUT2D eigenvalue weighted by atomic mass is 9.75. The first kappa shape index (κ1) is 24.8. The Morgan fingerprint density at radius 3 is 2.68 bits per heavy atom. The number of carbonyl (C=O) groups is 3. The minimum atomic E-state index is -0.902. The number of hydrogen-bond donors (Lipinski definition) is 1. The molecule has 1 aliphatic heterocycles. The summed E-state index contributed by atoms with van der Waals surface area (Å²) >= 11 is 12.7. The van der Waals surface area contributed by atoms with E-state index < -0.39 is 23.8 Å². The third-order valence-corrected chi connectivity index (χ3v) is 5.53. The lowest BCUT2D eigenvalue weighted by Gasteiger charge is -2.32. The molecule has 168 valence electrons. The number of hydrogen-bond acceptors (Lipinski definition) is 7. The fourth-order valence-electron chi connectivity index (χ4n) is 3.38. The van der Waals surface area contributed by atoms with Gasteiger partial charge in [-0.15, -0.1) is 0 Å². The summed E-state index contributed by atoms with van der Waals surface area (Å²) in [5.74, 6) is -2.94. The van der Waals surface area contributed by atoms with E-state index in [2.05, 4.69) is 10.3 Å². The van der Waals surface area contributed by atoms with Crippen molar-refractivity contribution in [2.24, 2.45) is 10.9 Å². The van der Waals surface area contributed by atoms with Crippen LogP contribution >= 0.6 is 23.2 Å². The molecule has 0 fully saturated rings. The second-order valence-electron chi connectivity index (χ2n) is 6.58. The summed E-state index contributed by atoms with van der Waals surface area (Å²) < 4.78 is 15.8. The van der Waals surface area contributed by atoms with Gasteiger partial charge in [-0.1, -0.05) is 35.3 Å². The average molecular weight is 471 g/mol. The van der Waals surface area contributed by atoms with Crippen LogP contribution in [-0.2, 0) is 28.6 Å². The highest BCUT2D eigenvalue weighted by Gasteiger charge is 2.44. The van der Waals surface area contributed by atoms with Crippen molar-refractivity contribution in [3.05, 3.63) is 45.1 Å². The van der Waals surface area contributed by atoms with Crippen molar-refractivity contribution >= 4 is 47.3 Å². The largest absolute Gasteiger partial charge is 0.468 e. The molecule has 0 saturated heterocycles. The third kappa shape index (κ3) is 5.84. The van der Waals surface area contributed by atoms with Crippen LogP contribution in [0.15, 0.2) is 34.5 Å². The summed E-state index contributed by atoms with van der Waals surface area (Å²) in [5.41, 5.74) is 1.37. The number of nitrogens with one attached hydrogen (secondary N) is 1. The van der Waals surface area contributed by atoms with Crippen molar-refractivity contribution < 1.29 is 28.6 Å². The molecule has 0 bridgehead atoms. The fourth-order valence-corrected chi connectivity index (χ4v) is 3.81. The van der Waals surface area contributed by atoms with Gasteiger partial charge in [0.2, 0.25) is 6.41 Å². The number of rotatable bonds is 10. The first-order valence-electron chi connectivity index (χ1n) is 9.59. The van der Waals surface area contributed by atoms with E-state index in [-0.39, 0.29) is 35.4 Å². The molecule has 1 aromatic carbocycles. The van der Waals surface area contributed by atoms with Crippen LogP contribution in [0, 0.1) is 5.92 Å². The van der Waals surface area contributed by atoms with Gasteiger partial charge < -0.3 is 19.5 Å². The number of halogens is 2. The second-order valence-corrected chi connectivity index (χ2v) is 7.37. The molecule has 1 N–H and O–H groups in total. The molecule has 0 aromatic heterocycles. The topological polar surface area (TPSA) is 103 Å². The Morgan fingerprint density at radius 1 is 1.29 bits per heavy atom. The molecule has 2 unspecified atom stereocenters. The molecule has 8 nitrogen and oxygen atoms in total. The summed E-state index contributed by atoms with van der Waals surface area (Å²) in [6.07, 6.45) is 0.563. The SMILES string of the molecule is CCOC(=O)C1=C(COCCNC=O)N=C(C)C(C(=O)OC)C1c1cccc(Cl)c1Cl. The van der Waals surface area contributed by atoms with Crippen LogP contribution in [0.1, 0.15) is 25.3 Å². The molecule has 0 spiro atoms. The van der Waals surface area contributed by atoms with E-state index >= 15 is 0 Å². The highest BCUT2D eigenvalue weighted by atomic mass is 35.5. The number of methoxy groups -OCH3 is 1. The number of ether oxygens (including phenoxy) is 3. The van der Waals surface area contributed by atoms with Crippen molar-refractivity contribution in [1.82, 2.24) is 5.32 Å². The Morgan fingerprint density at radius 2 is 2.03 bits per heavy atom. The molecule has 10 heteroatoms. The molecule has 1 heterocycles. The van der Waals surface area contributed by atoms with Crippen LogP contribution in [-0.4, -0.2) is 57.5 Å². The summed E-state index contributed by atoms with van der Waals surface area (Å²) in [7, 11) is 1.26. The van der Waals surface area contributed by atoms with Crippen LogP contribution in [0.4, 0.5) is 0 Å². The van der Waals surface area contributed by atoms with Gasteiger partial charge in [0.05, 0.1) is 48.2 Å². The van der Waals surface area contributed by atoms with Gasteiger partial charge >= 0.3 is 11.9 Å². The minimum Gasteiger partial charge on any atom is -0.468 e. The first-order chi connectivity index (χ1) is 14.9. The summed E-state index contributed by atoms with van der Waals surface area (Å²) in [5, 5.41) is 2.98. The van der Waals surface area contributed by atoms with Crippen molar-refractivity contribution in [2.45, 2.75) is 19.8 Å². The predicted molar refractivity (Wildman–Crippen MR) is 116 cm³/mol. The van der Waals surface area contributed by atoms with Crippen LogP contribution in [0.25, 0.3) is 0 Å². The Hall–Kier alpha value is -2.42. The second kappa shape index (κ2) is 11.8. The lowest BCUT2D eigenvalue weighted by Crippen LogP contribution is -2.37. The number of carbonyl (C=O) groups excluding carboxylic acids is 3. The number of amides is 1. The van der Waals surface area contributed by atoms with E-state index in [1.165, 1.54) is 7.11 Å². The molecule has 2 atom stereocenters. The van der Waals surface area contributed by atoms with Gasteiger partial charge in [-0.2, -0.15) is 0 Å². The Bertz CT molecular complexity index is 900. The Labute approximate surface area is 190 Å². The zero-order valence-corrected chi connectivity index (χ0v) is 19.0. The molecule has 0 radical (unpaired) electrons. The van der Waals surface area contributed by atoms with Crippen LogP contribution in [0.5, 0.6) is 0 Å². The zero-order chi connectivity index (χ0) is 23.0. The van der Waals surface area contributed by atoms with Crippen molar-refractivity contribution in [3.63, 3.8) is 0 Å². The molecule has 2 rings (SSSR count). The van der Waals surface area contributed by atoms with Gasteiger partial charge in [0.25, 0.3) is 0 Å². The van der Waals surface area contributed by atoms with Crippen molar-refractivity contribution in [3.8, 4) is 0 Å². The lowest BCUT2D eigenvalue weighted by molar-refractivity contribution is -0.144. The maximum absolute atomic E-state index is 13.0. The van der Waals surface area contributed by atoms with Crippen LogP contribution < -0.4 is 5.32 Å². The molecule has 0 aliphatic carbocycles. The van der Waals surface area contributed by atoms with Crippen molar-refractivity contribution in [2.75, 3.05) is 33.5 Å². The summed E-state index contributed by atoms with van der Waals surface area (Å²) in [4.78, 5) is 40.5. The zero-order valence-electron chi connectivity index (χ0n) is 17.4. The standard InChI is InChI=1S/C21H24Cl2N2O6/c1-4-31-21(28)18-15(10-30-9-8-24-11-26)25-12(2)16(20(27)29-3)17(18)13-6-5-7-14(22)19(13)23/h5-7,11,16-17H,4,8-10H2,1-3H3,(H,24,26). The van der Waals surface area contributed by atoms with E-state index in [0.29, 0.717) is 29.9 Å². The molecule has 1 amide bonds. The van der Waals surface area contributed by atoms with Gasteiger partial charge in [0, 0.05) is 18.2 Å². The normalized spacial score (nSPS) is 18.3. The maximum atomic E-state index is 13.0. The highest BCUT2D eigenvalue weighted by molar-refractivity contribution is 6.42.